The highest BCUT2D eigenvalue weighted by Gasteiger charge is 2.51. The van der Waals surface area contributed by atoms with Crippen molar-refractivity contribution in [3.63, 3.8) is 0 Å². The van der Waals surface area contributed by atoms with Gasteiger partial charge in [0.1, 0.15) is 43.2 Å². The number of esters is 2. The average Bonchev–Trinajstić information content (AvgIpc) is 3.07. The van der Waals surface area contributed by atoms with Crippen molar-refractivity contribution in [3.8, 4) is 0 Å². The first kappa shape index (κ1) is 45.4. The van der Waals surface area contributed by atoms with E-state index in [1.54, 1.807) is 6.92 Å². The van der Waals surface area contributed by atoms with Crippen LogP contribution in [0.25, 0.3) is 0 Å². The number of carbonyl (C=O) groups excluding carboxylic acids is 2. The summed E-state index contributed by atoms with van der Waals surface area (Å²) in [6.07, 6.45) is 13.2. The van der Waals surface area contributed by atoms with E-state index in [1.807, 2.05) is 0 Å². The number of carbonyl (C=O) groups is 2. The van der Waals surface area contributed by atoms with E-state index in [1.165, 1.54) is 51.4 Å². The van der Waals surface area contributed by atoms with E-state index in [4.69, 9.17) is 18.5 Å². The first-order valence-electron chi connectivity index (χ1n) is 18.1. The molecule has 0 aliphatic heterocycles. The topological polar surface area (TPSA) is 210 Å². The molecule has 0 aromatic rings. The standard InChI is InChI=1S/C35H63O13P/c1-3-5-6-7-8-9-10-11-12-13-14-15-16-17-18-19-20-21-22-24-29(37)47-27(25-45-28(36)23-4-2)26-46-49(43,44)48-35-33(41)31(39)30(38)32(40)34(35)42/h8-9,11-12,27,30-35,38-42H,3-7,10,13-26H2,1-2H3,(H,43,44)/b9-8-,12-11-. The molecule has 0 saturated heterocycles. The van der Waals surface area contributed by atoms with E-state index in [2.05, 4.69) is 31.2 Å². The largest absolute Gasteiger partial charge is 0.472 e. The van der Waals surface area contributed by atoms with Gasteiger partial charge in [-0.2, -0.15) is 0 Å². The molecule has 6 atom stereocenters. The smallest absolute Gasteiger partial charge is 0.462 e. The van der Waals surface area contributed by atoms with E-state index in [-0.39, 0.29) is 12.8 Å². The first-order chi connectivity index (χ1) is 23.4. The fraction of sp³-hybridized carbons (Fsp3) is 0.829. The van der Waals surface area contributed by atoms with Crippen molar-refractivity contribution in [3.05, 3.63) is 24.3 Å². The van der Waals surface area contributed by atoms with Crippen molar-refractivity contribution in [2.45, 2.75) is 172 Å². The number of hydrogen-bond donors (Lipinski definition) is 6. The normalized spacial score (nSPS) is 24.7. The van der Waals surface area contributed by atoms with Crippen LogP contribution in [0.5, 0.6) is 0 Å². The summed E-state index contributed by atoms with van der Waals surface area (Å²) in [6.45, 7) is 2.81. The summed E-state index contributed by atoms with van der Waals surface area (Å²) in [6, 6.07) is 0. The lowest BCUT2D eigenvalue weighted by atomic mass is 9.85. The molecule has 0 heterocycles. The van der Waals surface area contributed by atoms with Crippen LogP contribution in [0.3, 0.4) is 0 Å². The third-order valence-electron chi connectivity index (χ3n) is 8.27. The average molecular weight is 723 g/mol. The molecule has 286 valence electrons. The molecule has 0 aromatic heterocycles. The second-order valence-electron chi connectivity index (χ2n) is 12.7. The van der Waals surface area contributed by atoms with Crippen LogP contribution >= 0.6 is 7.82 Å². The highest BCUT2D eigenvalue weighted by atomic mass is 31.2. The Morgan fingerprint density at radius 3 is 1.69 bits per heavy atom. The van der Waals surface area contributed by atoms with Gasteiger partial charge in [0.05, 0.1) is 6.61 Å². The summed E-state index contributed by atoms with van der Waals surface area (Å²) in [5.74, 6) is -1.17. The zero-order valence-corrected chi connectivity index (χ0v) is 30.4. The lowest BCUT2D eigenvalue weighted by Crippen LogP contribution is -2.64. The highest BCUT2D eigenvalue weighted by molar-refractivity contribution is 7.47. The van der Waals surface area contributed by atoms with Crippen molar-refractivity contribution in [2.24, 2.45) is 0 Å². The van der Waals surface area contributed by atoms with E-state index in [0.717, 1.165) is 38.5 Å². The van der Waals surface area contributed by atoms with Gasteiger partial charge < -0.3 is 39.9 Å². The van der Waals surface area contributed by atoms with Crippen LogP contribution in [-0.4, -0.2) is 98.3 Å². The second-order valence-corrected chi connectivity index (χ2v) is 14.1. The molecule has 0 aromatic carbocycles. The van der Waals surface area contributed by atoms with Crippen molar-refractivity contribution < 1.29 is 63.1 Å². The molecule has 1 fully saturated rings. The molecule has 1 aliphatic carbocycles. The lowest BCUT2D eigenvalue weighted by molar-refractivity contribution is -0.220. The second kappa shape index (κ2) is 27.0. The molecular weight excluding hydrogens is 659 g/mol. The number of phosphoric acid groups is 1. The molecule has 14 heteroatoms. The van der Waals surface area contributed by atoms with Crippen molar-refractivity contribution in [1.82, 2.24) is 0 Å². The van der Waals surface area contributed by atoms with Crippen LogP contribution < -0.4 is 0 Å². The summed E-state index contributed by atoms with van der Waals surface area (Å²) in [7, 11) is -5.08. The lowest BCUT2D eigenvalue weighted by Gasteiger charge is -2.41. The van der Waals surface area contributed by atoms with Crippen LogP contribution in [0.2, 0.25) is 0 Å². The van der Waals surface area contributed by atoms with Crippen molar-refractivity contribution in [1.29, 1.82) is 0 Å². The Bertz CT molecular complexity index is 975. The Morgan fingerprint density at radius 2 is 1.14 bits per heavy atom. The van der Waals surface area contributed by atoms with Gasteiger partial charge in [-0.25, -0.2) is 4.57 Å². The molecule has 6 unspecified atom stereocenters. The zero-order chi connectivity index (χ0) is 36.5. The number of rotatable bonds is 28. The predicted octanol–water partition coefficient (Wildman–Crippen LogP) is 4.94. The molecular formula is C35H63O13P. The predicted molar refractivity (Wildman–Crippen MR) is 184 cm³/mol. The van der Waals surface area contributed by atoms with Crippen molar-refractivity contribution in [2.75, 3.05) is 13.2 Å². The van der Waals surface area contributed by atoms with E-state index in [9.17, 15) is 44.6 Å². The SMILES string of the molecule is CCCCC/C=C\C/C=C\CCCCCCCCCCCC(=O)OC(COC(=O)CCC)COP(=O)(O)OC1C(O)C(O)C(O)C(O)C1O. The maximum Gasteiger partial charge on any atom is 0.472 e. The van der Waals surface area contributed by atoms with Gasteiger partial charge in [0, 0.05) is 12.8 Å². The number of aliphatic hydroxyl groups excluding tert-OH is 5. The Morgan fingerprint density at radius 1 is 0.633 bits per heavy atom. The monoisotopic (exact) mass is 722 g/mol. The summed E-state index contributed by atoms with van der Waals surface area (Å²) in [4.78, 5) is 34.5. The highest BCUT2D eigenvalue weighted by Crippen LogP contribution is 2.47. The Kier molecular flexibility index (Phi) is 25.0. The van der Waals surface area contributed by atoms with E-state index >= 15 is 0 Å². The minimum atomic E-state index is -5.08. The third kappa shape index (κ3) is 20.7. The fourth-order valence-electron chi connectivity index (χ4n) is 5.29. The number of phosphoric ester groups is 1. The van der Waals surface area contributed by atoms with Crippen LogP contribution in [0.4, 0.5) is 0 Å². The molecule has 0 spiro atoms. The van der Waals surface area contributed by atoms with Gasteiger partial charge in [0.25, 0.3) is 0 Å². The van der Waals surface area contributed by atoms with Gasteiger partial charge in [-0.1, -0.05) is 95.9 Å². The summed E-state index contributed by atoms with van der Waals surface area (Å²) >= 11 is 0. The Labute approximate surface area is 292 Å². The molecule has 6 N–H and O–H groups in total. The maximum absolute atomic E-state index is 12.6. The van der Waals surface area contributed by atoms with Crippen LogP contribution in [0.15, 0.2) is 24.3 Å². The van der Waals surface area contributed by atoms with Crippen LogP contribution in [0.1, 0.15) is 129 Å². The number of aliphatic hydroxyl groups is 5. The zero-order valence-electron chi connectivity index (χ0n) is 29.5. The molecule has 13 nitrogen and oxygen atoms in total. The molecule has 0 bridgehead atoms. The molecule has 1 rings (SSSR count). The number of ether oxygens (including phenoxy) is 2. The van der Waals surface area contributed by atoms with Gasteiger partial charge in [-0.3, -0.25) is 18.6 Å². The van der Waals surface area contributed by atoms with Gasteiger partial charge in [0.2, 0.25) is 0 Å². The third-order valence-corrected chi connectivity index (χ3v) is 9.25. The summed E-state index contributed by atoms with van der Waals surface area (Å²) < 4.78 is 32.7. The first-order valence-corrected chi connectivity index (χ1v) is 19.6. The Hall–Kier alpha value is -1.67. The molecule has 49 heavy (non-hydrogen) atoms. The fourth-order valence-corrected chi connectivity index (χ4v) is 6.27. The quantitative estimate of drug-likeness (QED) is 0.0274. The number of unbranched alkanes of at least 4 members (excludes halogenated alkanes) is 12. The van der Waals surface area contributed by atoms with Gasteiger partial charge >= 0.3 is 19.8 Å². The number of allylic oxidation sites excluding steroid dienone is 4. The Balaban J connectivity index is 2.32. The van der Waals surface area contributed by atoms with Crippen molar-refractivity contribution >= 4 is 19.8 Å². The maximum atomic E-state index is 12.6. The number of hydrogen-bond acceptors (Lipinski definition) is 12. The summed E-state index contributed by atoms with van der Waals surface area (Å²) in [5, 5.41) is 49.5. The molecule has 1 aliphatic rings. The van der Waals surface area contributed by atoms with Crippen LogP contribution in [-0.2, 0) is 32.7 Å². The molecule has 0 radical (unpaired) electrons. The van der Waals surface area contributed by atoms with Gasteiger partial charge in [-0.15, -0.1) is 0 Å². The summed E-state index contributed by atoms with van der Waals surface area (Å²) in [5.41, 5.74) is 0. The minimum absolute atomic E-state index is 0.0907. The van der Waals surface area contributed by atoms with Gasteiger partial charge in [-0.05, 0) is 44.9 Å². The van der Waals surface area contributed by atoms with E-state index in [0.29, 0.717) is 12.8 Å². The molecule has 0 amide bonds. The van der Waals surface area contributed by atoms with E-state index < -0.39 is 75.7 Å². The van der Waals surface area contributed by atoms with Gasteiger partial charge in [0.15, 0.2) is 6.10 Å². The molecule has 1 saturated carbocycles. The minimum Gasteiger partial charge on any atom is -0.462 e. The van der Waals surface area contributed by atoms with Crippen LogP contribution in [0, 0.1) is 0 Å².